The SMILES string of the molecule is CC(C)N1CCC(NC(=O)c2cc(C(=O)N(C)CC(=O)O)nn2Cc2cc(-c3ccc(Cl)s3)on2)CC1. The highest BCUT2D eigenvalue weighted by Crippen LogP contribution is 2.31. The fraction of sp³-hybridized carbons (Fsp3) is 0.458. The smallest absolute Gasteiger partial charge is 0.323 e. The summed E-state index contributed by atoms with van der Waals surface area (Å²) >= 11 is 7.37. The van der Waals surface area contributed by atoms with Crippen molar-refractivity contribution in [2.45, 2.75) is 45.3 Å². The number of aliphatic carboxylic acids is 1. The van der Waals surface area contributed by atoms with Crippen LogP contribution in [0.25, 0.3) is 10.6 Å². The zero-order chi connectivity index (χ0) is 26.7. The first-order valence-corrected chi connectivity index (χ1v) is 13.1. The molecule has 2 N–H and O–H groups in total. The van der Waals surface area contributed by atoms with Crippen molar-refractivity contribution in [2.75, 3.05) is 26.7 Å². The summed E-state index contributed by atoms with van der Waals surface area (Å²) in [6.45, 7) is 5.67. The normalized spacial score (nSPS) is 14.7. The van der Waals surface area contributed by atoms with Gasteiger partial charge in [0.2, 0.25) is 0 Å². The third-order valence-corrected chi connectivity index (χ3v) is 7.48. The number of likely N-dealkylation sites (N-methyl/N-ethyl adjacent to an activating group) is 1. The molecule has 11 nitrogen and oxygen atoms in total. The molecule has 0 radical (unpaired) electrons. The Kier molecular flexibility index (Phi) is 8.30. The molecule has 4 heterocycles. The van der Waals surface area contributed by atoms with Gasteiger partial charge in [0.1, 0.15) is 17.9 Å². The van der Waals surface area contributed by atoms with Gasteiger partial charge in [-0.2, -0.15) is 5.10 Å². The number of carboxylic acids is 1. The number of piperidine rings is 1. The van der Waals surface area contributed by atoms with Gasteiger partial charge in [0.25, 0.3) is 11.8 Å². The predicted octanol–water partition coefficient (Wildman–Crippen LogP) is 3.06. The van der Waals surface area contributed by atoms with Crippen LogP contribution in [-0.4, -0.2) is 86.4 Å². The number of rotatable bonds is 9. The Morgan fingerprint density at radius 3 is 2.62 bits per heavy atom. The summed E-state index contributed by atoms with van der Waals surface area (Å²) in [4.78, 5) is 41.4. The lowest BCUT2D eigenvalue weighted by Gasteiger charge is -2.34. The van der Waals surface area contributed by atoms with Crippen molar-refractivity contribution in [1.29, 1.82) is 0 Å². The van der Waals surface area contributed by atoms with Crippen molar-refractivity contribution in [1.82, 2.24) is 30.1 Å². The Balaban J connectivity index is 1.55. The van der Waals surface area contributed by atoms with E-state index in [1.54, 1.807) is 12.1 Å². The monoisotopic (exact) mass is 548 g/mol. The molecule has 4 rings (SSSR count). The highest BCUT2D eigenvalue weighted by molar-refractivity contribution is 7.19. The lowest BCUT2D eigenvalue weighted by atomic mass is 10.0. The minimum atomic E-state index is -1.15. The number of carboxylic acid groups (broad SMARTS) is 1. The van der Waals surface area contributed by atoms with Gasteiger partial charge in [0, 0.05) is 44.4 Å². The second kappa shape index (κ2) is 11.4. The zero-order valence-electron chi connectivity index (χ0n) is 20.8. The van der Waals surface area contributed by atoms with Crippen LogP contribution in [0.15, 0.2) is 28.8 Å². The average Bonchev–Trinajstić information content (AvgIpc) is 3.58. The maximum absolute atomic E-state index is 13.3. The zero-order valence-corrected chi connectivity index (χ0v) is 22.4. The number of carbonyl (C=O) groups is 3. The van der Waals surface area contributed by atoms with E-state index in [2.05, 4.69) is 34.3 Å². The van der Waals surface area contributed by atoms with Gasteiger partial charge in [-0.1, -0.05) is 16.8 Å². The maximum atomic E-state index is 13.3. The standard InChI is InChI=1S/C24H29ClN6O5S/c1-14(2)30-8-6-15(7-9-30)26-23(34)18-11-17(24(35)29(3)13-22(32)33)27-31(18)12-16-10-19(36-28-16)20-4-5-21(25)37-20/h4-5,10-11,14-15H,6-9,12-13H2,1-3H3,(H,26,34)(H,32,33). The Hall–Kier alpha value is -3.22. The molecule has 0 saturated carbocycles. The largest absolute Gasteiger partial charge is 0.480 e. The molecule has 0 atom stereocenters. The summed E-state index contributed by atoms with van der Waals surface area (Å²) in [6, 6.07) is 7.15. The lowest BCUT2D eigenvalue weighted by Crippen LogP contribution is -2.46. The fourth-order valence-electron chi connectivity index (χ4n) is 4.22. The number of aromatic nitrogens is 3. The summed E-state index contributed by atoms with van der Waals surface area (Å²) in [6.07, 6.45) is 1.64. The number of likely N-dealkylation sites (tertiary alicyclic amines) is 1. The summed E-state index contributed by atoms with van der Waals surface area (Å²) in [5, 5.41) is 20.5. The van der Waals surface area contributed by atoms with Crippen LogP contribution >= 0.6 is 22.9 Å². The van der Waals surface area contributed by atoms with Gasteiger partial charge in [-0.05, 0) is 38.8 Å². The topological polar surface area (TPSA) is 134 Å². The summed E-state index contributed by atoms with van der Waals surface area (Å²) in [5.41, 5.74) is 0.652. The van der Waals surface area contributed by atoms with Crippen molar-refractivity contribution < 1.29 is 24.0 Å². The molecule has 1 fully saturated rings. The molecule has 1 aliphatic rings. The molecule has 3 aromatic rings. The van der Waals surface area contributed by atoms with Crippen LogP contribution in [-0.2, 0) is 11.3 Å². The van der Waals surface area contributed by atoms with Gasteiger partial charge in [0.05, 0.1) is 15.8 Å². The van der Waals surface area contributed by atoms with Gasteiger partial charge in [-0.3, -0.25) is 19.1 Å². The second-order valence-electron chi connectivity index (χ2n) is 9.29. The van der Waals surface area contributed by atoms with Crippen molar-refractivity contribution >= 4 is 40.7 Å². The van der Waals surface area contributed by atoms with Crippen LogP contribution < -0.4 is 5.32 Å². The van der Waals surface area contributed by atoms with Crippen LogP contribution in [0.1, 0.15) is 53.4 Å². The van der Waals surface area contributed by atoms with Crippen LogP contribution in [0.2, 0.25) is 4.34 Å². The van der Waals surface area contributed by atoms with Crippen molar-refractivity contribution in [2.24, 2.45) is 0 Å². The van der Waals surface area contributed by atoms with E-state index in [4.69, 9.17) is 21.2 Å². The summed E-state index contributed by atoms with van der Waals surface area (Å²) in [5.74, 6) is -1.58. The minimum absolute atomic E-state index is 0.00177. The summed E-state index contributed by atoms with van der Waals surface area (Å²) < 4.78 is 7.45. The van der Waals surface area contributed by atoms with E-state index in [-0.39, 0.29) is 29.9 Å². The lowest BCUT2D eigenvalue weighted by molar-refractivity contribution is -0.137. The first kappa shape index (κ1) is 26.8. The maximum Gasteiger partial charge on any atom is 0.323 e. The highest BCUT2D eigenvalue weighted by atomic mass is 35.5. The molecule has 13 heteroatoms. The van der Waals surface area contributed by atoms with E-state index in [9.17, 15) is 14.4 Å². The van der Waals surface area contributed by atoms with E-state index in [1.807, 2.05) is 6.07 Å². The van der Waals surface area contributed by atoms with E-state index < -0.39 is 18.4 Å². The summed E-state index contributed by atoms with van der Waals surface area (Å²) in [7, 11) is 1.37. The molecule has 0 aromatic carbocycles. The van der Waals surface area contributed by atoms with Gasteiger partial charge in [0.15, 0.2) is 11.5 Å². The van der Waals surface area contributed by atoms with Crippen molar-refractivity contribution in [3.8, 4) is 10.6 Å². The molecule has 0 aliphatic carbocycles. The van der Waals surface area contributed by atoms with Gasteiger partial charge in [-0.15, -0.1) is 11.3 Å². The van der Waals surface area contributed by atoms with E-state index in [0.29, 0.717) is 21.8 Å². The molecule has 0 bridgehead atoms. The fourth-order valence-corrected chi connectivity index (χ4v) is 5.21. The van der Waals surface area contributed by atoms with E-state index >= 15 is 0 Å². The third kappa shape index (κ3) is 6.56. The highest BCUT2D eigenvalue weighted by Gasteiger charge is 2.27. The number of halogens is 1. The van der Waals surface area contributed by atoms with Gasteiger partial charge < -0.3 is 24.7 Å². The number of thiophene rings is 1. The second-order valence-corrected chi connectivity index (χ2v) is 11.0. The number of nitrogens with zero attached hydrogens (tertiary/aromatic N) is 5. The molecule has 0 unspecified atom stereocenters. The molecule has 1 aliphatic heterocycles. The van der Waals surface area contributed by atoms with Crippen molar-refractivity contribution in [3.63, 3.8) is 0 Å². The average molecular weight is 549 g/mol. The van der Waals surface area contributed by atoms with Crippen molar-refractivity contribution in [3.05, 3.63) is 45.7 Å². The predicted molar refractivity (Wildman–Crippen MR) is 138 cm³/mol. The van der Waals surface area contributed by atoms with Crippen LogP contribution in [0.5, 0.6) is 0 Å². The molecule has 198 valence electrons. The van der Waals surface area contributed by atoms with Gasteiger partial charge >= 0.3 is 5.97 Å². The Bertz CT molecular complexity index is 1280. The number of amides is 2. The third-order valence-electron chi connectivity index (χ3n) is 6.23. The number of carbonyl (C=O) groups excluding carboxylic acids is 2. The number of hydrogen-bond donors (Lipinski definition) is 2. The Morgan fingerprint density at radius 1 is 1.27 bits per heavy atom. The Labute approximate surface area is 223 Å². The molecule has 37 heavy (non-hydrogen) atoms. The minimum Gasteiger partial charge on any atom is -0.480 e. The molecule has 2 amide bonds. The van der Waals surface area contributed by atoms with Crippen LogP contribution in [0.3, 0.4) is 0 Å². The van der Waals surface area contributed by atoms with Crippen LogP contribution in [0, 0.1) is 0 Å². The van der Waals surface area contributed by atoms with E-state index in [0.717, 1.165) is 35.7 Å². The molecule has 1 saturated heterocycles. The first-order valence-electron chi connectivity index (χ1n) is 11.9. The Morgan fingerprint density at radius 2 is 2.00 bits per heavy atom. The quantitative estimate of drug-likeness (QED) is 0.417. The molecule has 3 aromatic heterocycles. The first-order chi connectivity index (χ1) is 17.6. The number of nitrogens with one attached hydrogen (secondary N) is 1. The van der Waals surface area contributed by atoms with Crippen LogP contribution in [0.4, 0.5) is 0 Å². The number of hydrogen-bond acceptors (Lipinski definition) is 8. The molecular formula is C24H29ClN6O5S. The van der Waals surface area contributed by atoms with Gasteiger partial charge in [-0.25, -0.2) is 0 Å². The van der Waals surface area contributed by atoms with E-state index in [1.165, 1.54) is 29.1 Å². The molecular weight excluding hydrogens is 520 g/mol. The molecule has 0 spiro atoms.